The molecule has 0 unspecified atom stereocenters. The smallest absolute Gasteiger partial charge is 0.303 e. The Bertz CT molecular complexity index is 389. The van der Waals surface area contributed by atoms with Crippen molar-refractivity contribution in [3.05, 3.63) is 17.0 Å². The van der Waals surface area contributed by atoms with Crippen LogP contribution in [0.3, 0.4) is 0 Å². The number of rotatable bonds is 7. The van der Waals surface area contributed by atoms with Gasteiger partial charge in [0.2, 0.25) is 0 Å². The molecule has 0 aromatic carbocycles. The zero-order valence-corrected chi connectivity index (χ0v) is 10.2. The monoisotopic (exact) mass is 239 g/mol. The number of aryl methyl sites for hydroxylation is 2. The topological polar surface area (TPSA) is 80.4 Å². The Kier molecular flexibility index (Phi) is 4.87. The van der Waals surface area contributed by atoms with Crippen LogP contribution < -0.4 is 0 Å². The Hall–Kier alpha value is -1.65. The SMILES string of the molecule is Cc1noc(C)c1CCC(=O)CCCC(=O)O. The van der Waals surface area contributed by atoms with E-state index in [2.05, 4.69) is 5.16 Å². The van der Waals surface area contributed by atoms with Crippen molar-refractivity contribution < 1.29 is 19.2 Å². The quantitative estimate of drug-likeness (QED) is 0.787. The molecule has 17 heavy (non-hydrogen) atoms. The van der Waals surface area contributed by atoms with Gasteiger partial charge in [0.05, 0.1) is 5.69 Å². The van der Waals surface area contributed by atoms with Crippen LogP contribution in [0.1, 0.15) is 42.7 Å². The molecule has 0 bridgehead atoms. The van der Waals surface area contributed by atoms with Crippen LogP contribution in [-0.4, -0.2) is 22.0 Å². The van der Waals surface area contributed by atoms with Gasteiger partial charge in [0, 0.05) is 24.8 Å². The molecule has 5 heteroatoms. The van der Waals surface area contributed by atoms with Gasteiger partial charge in [0.1, 0.15) is 11.5 Å². The van der Waals surface area contributed by atoms with Gasteiger partial charge >= 0.3 is 5.97 Å². The standard InChI is InChI=1S/C12H17NO4/c1-8-11(9(2)17-13-8)7-6-10(14)4-3-5-12(15)16/h3-7H2,1-2H3,(H,15,16). The molecule has 94 valence electrons. The molecule has 0 spiro atoms. The number of hydrogen-bond donors (Lipinski definition) is 1. The first-order valence-corrected chi connectivity index (χ1v) is 5.66. The predicted octanol–water partition coefficient (Wildman–Crippen LogP) is 2.05. The van der Waals surface area contributed by atoms with Gasteiger partial charge < -0.3 is 9.63 Å². The Morgan fingerprint density at radius 3 is 2.47 bits per heavy atom. The summed E-state index contributed by atoms with van der Waals surface area (Å²) in [5.41, 5.74) is 1.80. The molecule has 5 nitrogen and oxygen atoms in total. The lowest BCUT2D eigenvalue weighted by molar-refractivity contribution is -0.137. The lowest BCUT2D eigenvalue weighted by Crippen LogP contribution is -2.03. The van der Waals surface area contributed by atoms with Gasteiger partial charge in [0.15, 0.2) is 0 Å². The van der Waals surface area contributed by atoms with Crippen molar-refractivity contribution in [3.8, 4) is 0 Å². The second kappa shape index (κ2) is 6.18. The number of carboxylic acids is 1. The molecule has 1 N–H and O–H groups in total. The normalized spacial score (nSPS) is 10.5. The fraction of sp³-hybridized carbons (Fsp3) is 0.583. The highest BCUT2D eigenvalue weighted by Gasteiger charge is 2.11. The molecule has 0 aliphatic heterocycles. The van der Waals surface area contributed by atoms with Crippen molar-refractivity contribution in [2.75, 3.05) is 0 Å². The summed E-state index contributed by atoms with van der Waals surface area (Å²) in [5.74, 6) is -0.0180. The first-order valence-electron chi connectivity index (χ1n) is 5.66. The Balaban J connectivity index is 2.31. The van der Waals surface area contributed by atoms with E-state index in [4.69, 9.17) is 9.63 Å². The molecule has 0 aliphatic carbocycles. The fourth-order valence-electron chi connectivity index (χ4n) is 1.69. The molecule has 0 atom stereocenters. The molecule has 1 aromatic heterocycles. The molecular formula is C12H17NO4. The van der Waals surface area contributed by atoms with E-state index in [0.29, 0.717) is 25.7 Å². The zero-order chi connectivity index (χ0) is 12.8. The van der Waals surface area contributed by atoms with Crippen LogP contribution >= 0.6 is 0 Å². The van der Waals surface area contributed by atoms with E-state index >= 15 is 0 Å². The van der Waals surface area contributed by atoms with Gasteiger partial charge in [-0.3, -0.25) is 9.59 Å². The maximum Gasteiger partial charge on any atom is 0.303 e. The number of aliphatic carboxylic acids is 1. The first kappa shape index (κ1) is 13.4. The third kappa shape index (κ3) is 4.38. The van der Waals surface area contributed by atoms with Gasteiger partial charge in [-0.25, -0.2) is 0 Å². The second-order valence-corrected chi connectivity index (χ2v) is 4.09. The van der Waals surface area contributed by atoms with Crippen LogP contribution in [0.15, 0.2) is 4.52 Å². The highest BCUT2D eigenvalue weighted by atomic mass is 16.5. The summed E-state index contributed by atoms with van der Waals surface area (Å²) >= 11 is 0. The Morgan fingerprint density at radius 1 is 1.24 bits per heavy atom. The van der Waals surface area contributed by atoms with Crippen molar-refractivity contribution in [2.45, 2.75) is 46.0 Å². The molecule has 0 radical (unpaired) electrons. The van der Waals surface area contributed by atoms with E-state index in [1.165, 1.54) is 0 Å². The summed E-state index contributed by atoms with van der Waals surface area (Å²) in [4.78, 5) is 21.8. The van der Waals surface area contributed by atoms with E-state index in [1.807, 2.05) is 13.8 Å². The van der Waals surface area contributed by atoms with Crippen molar-refractivity contribution >= 4 is 11.8 Å². The number of aromatic nitrogens is 1. The van der Waals surface area contributed by atoms with Crippen molar-refractivity contribution in [1.82, 2.24) is 5.16 Å². The minimum atomic E-state index is -0.858. The molecule has 0 saturated carbocycles. The number of carbonyl (C=O) groups excluding carboxylic acids is 1. The Labute approximate surface area is 99.8 Å². The number of ketones is 1. The highest BCUT2D eigenvalue weighted by molar-refractivity contribution is 5.79. The summed E-state index contributed by atoms with van der Waals surface area (Å²) in [7, 11) is 0. The third-order valence-electron chi connectivity index (χ3n) is 2.68. The second-order valence-electron chi connectivity index (χ2n) is 4.09. The zero-order valence-electron chi connectivity index (χ0n) is 10.2. The van der Waals surface area contributed by atoms with Gasteiger partial charge in [-0.2, -0.15) is 0 Å². The highest BCUT2D eigenvalue weighted by Crippen LogP contribution is 2.15. The number of Topliss-reactive ketones (excluding diaryl/α,β-unsaturated/α-hetero) is 1. The molecule has 0 aliphatic rings. The van der Waals surface area contributed by atoms with E-state index in [1.54, 1.807) is 0 Å². The van der Waals surface area contributed by atoms with Crippen LogP contribution in [0.2, 0.25) is 0 Å². The first-order chi connectivity index (χ1) is 8.00. The molecule has 1 heterocycles. The summed E-state index contributed by atoms with van der Waals surface area (Å²) in [6.45, 7) is 3.67. The van der Waals surface area contributed by atoms with E-state index in [0.717, 1.165) is 17.0 Å². The van der Waals surface area contributed by atoms with Crippen molar-refractivity contribution in [3.63, 3.8) is 0 Å². The average molecular weight is 239 g/mol. The van der Waals surface area contributed by atoms with E-state index in [-0.39, 0.29) is 12.2 Å². The van der Waals surface area contributed by atoms with E-state index < -0.39 is 5.97 Å². The van der Waals surface area contributed by atoms with Gasteiger partial charge in [0.25, 0.3) is 0 Å². The summed E-state index contributed by atoms with van der Waals surface area (Å²) in [6, 6.07) is 0. The maximum absolute atomic E-state index is 11.5. The van der Waals surface area contributed by atoms with Crippen molar-refractivity contribution in [2.24, 2.45) is 0 Å². The van der Waals surface area contributed by atoms with Crippen molar-refractivity contribution in [1.29, 1.82) is 0 Å². The summed E-state index contributed by atoms with van der Waals surface area (Å²) < 4.78 is 5.00. The fourth-order valence-corrected chi connectivity index (χ4v) is 1.69. The lowest BCUT2D eigenvalue weighted by atomic mass is 10.0. The number of carbonyl (C=O) groups is 2. The van der Waals surface area contributed by atoms with E-state index in [9.17, 15) is 9.59 Å². The average Bonchev–Trinajstić information content (AvgIpc) is 2.55. The van der Waals surface area contributed by atoms with Crippen LogP contribution in [0.25, 0.3) is 0 Å². The summed E-state index contributed by atoms with van der Waals surface area (Å²) in [6.07, 6.45) is 1.83. The van der Waals surface area contributed by atoms with Gasteiger partial charge in [-0.15, -0.1) is 0 Å². The summed E-state index contributed by atoms with van der Waals surface area (Å²) in [5, 5.41) is 12.3. The number of carboxylic acid groups (broad SMARTS) is 1. The lowest BCUT2D eigenvalue weighted by Gasteiger charge is -2.00. The number of nitrogens with zero attached hydrogens (tertiary/aromatic N) is 1. The molecule has 1 rings (SSSR count). The molecular weight excluding hydrogens is 222 g/mol. The molecule has 0 fully saturated rings. The largest absolute Gasteiger partial charge is 0.481 e. The molecule has 0 saturated heterocycles. The van der Waals surface area contributed by atoms with Gasteiger partial charge in [-0.05, 0) is 26.7 Å². The molecule has 0 amide bonds. The minimum Gasteiger partial charge on any atom is -0.481 e. The predicted molar refractivity (Wildman–Crippen MR) is 60.8 cm³/mol. The van der Waals surface area contributed by atoms with Crippen LogP contribution in [0, 0.1) is 13.8 Å². The van der Waals surface area contributed by atoms with Crippen LogP contribution in [-0.2, 0) is 16.0 Å². The van der Waals surface area contributed by atoms with Crippen LogP contribution in [0.5, 0.6) is 0 Å². The Morgan fingerprint density at radius 2 is 1.94 bits per heavy atom. The van der Waals surface area contributed by atoms with Gasteiger partial charge in [-0.1, -0.05) is 5.16 Å². The minimum absolute atomic E-state index is 0.0526. The molecule has 1 aromatic rings. The van der Waals surface area contributed by atoms with Crippen LogP contribution in [0.4, 0.5) is 0 Å². The number of hydrogen-bond acceptors (Lipinski definition) is 4. The maximum atomic E-state index is 11.5. The third-order valence-corrected chi connectivity index (χ3v) is 2.68.